The smallest absolute Gasteiger partial charge is 0.0121 e. The molecule has 0 unspecified atom stereocenters. The molecule has 0 atom stereocenters. The van der Waals surface area contributed by atoms with Crippen LogP contribution in [0.5, 0.6) is 0 Å². The molecule has 0 aromatic rings. The van der Waals surface area contributed by atoms with Crippen LogP contribution in [-0.2, 0) is 0 Å². The molecule has 0 spiro atoms. The molecule has 0 bridgehead atoms. The molecule has 2 aliphatic carbocycles. The van der Waals surface area contributed by atoms with Crippen LogP contribution >= 0.6 is 0 Å². The van der Waals surface area contributed by atoms with E-state index in [9.17, 15) is 0 Å². The van der Waals surface area contributed by atoms with Crippen molar-refractivity contribution in [3.05, 3.63) is 12.2 Å². The van der Waals surface area contributed by atoms with Crippen LogP contribution in [0.1, 0.15) is 85.5 Å². The Kier molecular flexibility index (Phi) is 5.76. The van der Waals surface area contributed by atoms with Gasteiger partial charge in [0.25, 0.3) is 0 Å². The standard InChI is InChI=1S/C9H16.C8H16/c1-3-6-9(4-2)7-5-8-9;1-3-5-8(4-2)6-7-8/h3,6H,4-5,7-8H2,1-2H3;3-7H2,1-2H3/b6-3+;. The number of hydrogen-bond acceptors (Lipinski definition) is 0. The summed E-state index contributed by atoms with van der Waals surface area (Å²) >= 11 is 0. The monoisotopic (exact) mass is 236 g/mol. The third-order valence-corrected chi connectivity index (χ3v) is 5.06. The van der Waals surface area contributed by atoms with Gasteiger partial charge in [0.2, 0.25) is 0 Å². The van der Waals surface area contributed by atoms with Crippen molar-refractivity contribution in [2.24, 2.45) is 10.8 Å². The minimum absolute atomic E-state index is 0.634. The van der Waals surface area contributed by atoms with Crippen molar-refractivity contribution in [2.45, 2.75) is 85.5 Å². The average Bonchev–Trinajstić information content (AvgIpc) is 3.06. The predicted molar refractivity (Wildman–Crippen MR) is 78.3 cm³/mol. The second-order valence-electron chi connectivity index (χ2n) is 6.17. The van der Waals surface area contributed by atoms with Crippen LogP contribution in [0, 0.1) is 10.8 Å². The van der Waals surface area contributed by atoms with Crippen LogP contribution in [-0.4, -0.2) is 0 Å². The maximum atomic E-state index is 2.39. The molecule has 0 aromatic heterocycles. The van der Waals surface area contributed by atoms with E-state index in [4.69, 9.17) is 0 Å². The zero-order chi connectivity index (χ0) is 12.8. The van der Waals surface area contributed by atoms with Gasteiger partial charge in [-0.3, -0.25) is 0 Å². The van der Waals surface area contributed by atoms with E-state index in [2.05, 4.69) is 39.8 Å². The van der Waals surface area contributed by atoms with Crippen molar-refractivity contribution in [1.29, 1.82) is 0 Å². The van der Waals surface area contributed by atoms with Crippen molar-refractivity contribution >= 4 is 0 Å². The van der Waals surface area contributed by atoms with Gasteiger partial charge in [-0.15, -0.1) is 0 Å². The summed E-state index contributed by atoms with van der Waals surface area (Å²) in [7, 11) is 0. The van der Waals surface area contributed by atoms with Crippen LogP contribution < -0.4 is 0 Å². The van der Waals surface area contributed by atoms with E-state index >= 15 is 0 Å². The molecule has 2 fully saturated rings. The van der Waals surface area contributed by atoms with E-state index in [1.807, 2.05) is 0 Å². The third kappa shape index (κ3) is 4.16. The molecular weight excluding hydrogens is 204 g/mol. The Morgan fingerprint density at radius 1 is 0.941 bits per heavy atom. The highest BCUT2D eigenvalue weighted by Gasteiger charge is 2.38. The minimum Gasteiger partial charge on any atom is -0.0911 e. The van der Waals surface area contributed by atoms with Crippen LogP contribution in [0.2, 0.25) is 0 Å². The van der Waals surface area contributed by atoms with Crippen molar-refractivity contribution in [3.63, 3.8) is 0 Å². The molecule has 100 valence electrons. The molecule has 0 aromatic carbocycles. The number of allylic oxidation sites excluding steroid dienone is 2. The summed E-state index contributed by atoms with van der Waals surface area (Å²) in [5.41, 5.74) is 1.48. The molecule has 0 amide bonds. The van der Waals surface area contributed by atoms with E-state index in [1.54, 1.807) is 0 Å². The van der Waals surface area contributed by atoms with Crippen molar-refractivity contribution in [3.8, 4) is 0 Å². The quantitative estimate of drug-likeness (QED) is 0.504. The molecule has 0 heterocycles. The molecule has 0 aliphatic heterocycles. The summed E-state index contributed by atoms with van der Waals surface area (Å²) < 4.78 is 0. The maximum Gasteiger partial charge on any atom is -0.0121 e. The second-order valence-corrected chi connectivity index (χ2v) is 6.17. The first-order valence-corrected chi connectivity index (χ1v) is 7.80. The zero-order valence-electron chi connectivity index (χ0n) is 12.5. The lowest BCUT2D eigenvalue weighted by Gasteiger charge is -2.38. The van der Waals surface area contributed by atoms with Crippen LogP contribution in [0.4, 0.5) is 0 Å². The van der Waals surface area contributed by atoms with Gasteiger partial charge in [-0.2, -0.15) is 0 Å². The summed E-state index contributed by atoms with van der Waals surface area (Å²) in [5.74, 6) is 0. The molecular formula is C17H32. The predicted octanol–water partition coefficient (Wildman–Crippen LogP) is 6.12. The molecule has 0 N–H and O–H groups in total. The average molecular weight is 236 g/mol. The van der Waals surface area contributed by atoms with Gasteiger partial charge in [-0.25, -0.2) is 0 Å². The highest BCUT2D eigenvalue weighted by Crippen LogP contribution is 2.52. The Hall–Kier alpha value is -0.260. The van der Waals surface area contributed by atoms with E-state index in [-0.39, 0.29) is 0 Å². The zero-order valence-corrected chi connectivity index (χ0v) is 12.5. The summed E-state index contributed by atoms with van der Waals surface area (Å²) in [4.78, 5) is 0. The Morgan fingerprint density at radius 3 is 1.71 bits per heavy atom. The number of hydrogen-bond donors (Lipinski definition) is 0. The molecule has 2 aliphatic rings. The van der Waals surface area contributed by atoms with Gasteiger partial charge in [0.1, 0.15) is 0 Å². The van der Waals surface area contributed by atoms with E-state index in [0.717, 1.165) is 5.41 Å². The first-order valence-electron chi connectivity index (χ1n) is 7.80. The topological polar surface area (TPSA) is 0 Å². The Bertz CT molecular complexity index is 223. The fraction of sp³-hybridized carbons (Fsp3) is 0.882. The summed E-state index contributed by atoms with van der Waals surface area (Å²) in [5, 5.41) is 0. The lowest BCUT2D eigenvalue weighted by Crippen LogP contribution is -2.25. The fourth-order valence-electron chi connectivity index (χ4n) is 3.11. The Balaban J connectivity index is 0.000000171. The molecule has 2 rings (SSSR count). The van der Waals surface area contributed by atoms with Gasteiger partial charge < -0.3 is 0 Å². The van der Waals surface area contributed by atoms with E-state index in [0.29, 0.717) is 5.41 Å². The Labute approximate surface area is 109 Å². The lowest BCUT2D eigenvalue weighted by molar-refractivity contribution is 0.196. The molecule has 0 saturated heterocycles. The molecule has 17 heavy (non-hydrogen) atoms. The maximum absolute atomic E-state index is 2.39. The summed E-state index contributed by atoms with van der Waals surface area (Å²) in [6.07, 6.45) is 17.5. The first kappa shape index (κ1) is 14.8. The van der Waals surface area contributed by atoms with E-state index < -0.39 is 0 Å². The molecule has 0 nitrogen and oxygen atoms in total. The van der Waals surface area contributed by atoms with Crippen LogP contribution in [0.3, 0.4) is 0 Å². The fourth-order valence-corrected chi connectivity index (χ4v) is 3.11. The molecule has 0 heteroatoms. The SMILES string of the molecule is C/C=C/C1(CC)CCC1.CCCC1(CC)CC1. The van der Waals surface area contributed by atoms with Gasteiger partial charge >= 0.3 is 0 Å². The van der Waals surface area contributed by atoms with Gasteiger partial charge in [0.05, 0.1) is 0 Å². The molecule has 0 radical (unpaired) electrons. The van der Waals surface area contributed by atoms with Gasteiger partial charge in [-0.05, 0) is 56.3 Å². The lowest BCUT2D eigenvalue weighted by atomic mass is 9.67. The number of rotatable bonds is 5. The highest BCUT2D eigenvalue weighted by molar-refractivity contribution is 5.02. The van der Waals surface area contributed by atoms with Crippen LogP contribution in [0.25, 0.3) is 0 Å². The van der Waals surface area contributed by atoms with Gasteiger partial charge in [-0.1, -0.05) is 52.2 Å². The van der Waals surface area contributed by atoms with Gasteiger partial charge in [0, 0.05) is 0 Å². The van der Waals surface area contributed by atoms with E-state index in [1.165, 1.54) is 57.8 Å². The molecule has 2 saturated carbocycles. The van der Waals surface area contributed by atoms with Gasteiger partial charge in [0.15, 0.2) is 0 Å². The summed E-state index contributed by atoms with van der Waals surface area (Å²) in [6, 6.07) is 0. The Morgan fingerprint density at radius 2 is 1.59 bits per heavy atom. The van der Waals surface area contributed by atoms with Crippen LogP contribution in [0.15, 0.2) is 12.2 Å². The van der Waals surface area contributed by atoms with Crippen molar-refractivity contribution < 1.29 is 0 Å². The second kappa shape index (κ2) is 6.61. The van der Waals surface area contributed by atoms with Crippen molar-refractivity contribution in [1.82, 2.24) is 0 Å². The third-order valence-electron chi connectivity index (χ3n) is 5.06. The summed E-state index contributed by atoms with van der Waals surface area (Å²) in [6.45, 7) is 9.02. The largest absolute Gasteiger partial charge is 0.0911 e. The normalized spacial score (nSPS) is 23.8. The van der Waals surface area contributed by atoms with Crippen molar-refractivity contribution in [2.75, 3.05) is 0 Å². The first-order chi connectivity index (χ1) is 8.16. The highest BCUT2D eigenvalue weighted by atomic mass is 14.4. The minimum atomic E-state index is 0.634.